The molecule has 4 N–H and O–H groups in total. The van der Waals surface area contributed by atoms with Gasteiger partial charge in [0, 0.05) is 25.9 Å². The Morgan fingerprint density at radius 3 is 1.57 bits per heavy atom. The minimum Gasteiger partial charge on any atom is -0.364 e. The maximum Gasteiger partial charge on any atom is 0.277 e. The number of nitrogens with two attached hydrogens (primary N) is 2. The Hall–Kier alpha value is -4.46. The first-order valence-corrected chi connectivity index (χ1v) is 15.9. The van der Waals surface area contributed by atoms with E-state index in [4.69, 9.17) is 11.5 Å². The van der Waals surface area contributed by atoms with Crippen LogP contribution in [-0.2, 0) is 12.8 Å². The number of nitriles is 2. The number of aromatic nitrogens is 2. The summed E-state index contributed by atoms with van der Waals surface area (Å²) in [5.41, 5.74) is 19.2. The molecule has 0 saturated carbocycles. The molecule has 2 aromatic heterocycles. The summed E-state index contributed by atoms with van der Waals surface area (Å²) in [6.07, 6.45) is 1.30. The number of thiazole rings is 2. The monoisotopic (exact) mass is 622 g/mol. The number of hydrogen-bond donors (Lipinski definition) is 2. The third kappa shape index (κ3) is 5.06. The highest BCUT2D eigenvalue weighted by molar-refractivity contribution is 7.14. The molecule has 0 bridgehead atoms. The normalized spacial score (nSPS) is 18.2. The van der Waals surface area contributed by atoms with Crippen molar-refractivity contribution in [3.05, 3.63) is 89.8 Å². The van der Waals surface area contributed by atoms with Crippen molar-refractivity contribution in [2.24, 2.45) is 11.5 Å². The molecule has 0 saturated heterocycles. The molecule has 44 heavy (non-hydrogen) atoms. The molecule has 0 spiro atoms. The number of primary amides is 2. The lowest BCUT2D eigenvalue weighted by Crippen LogP contribution is -2.36. The Balaban J connectivity index is 1.47. The molecule has 2 aliphatic rings. The molecular weight excluding hydrogens is 593 g/mol. The van der Waals surface area contributed by atoms with Crippen LogP contribution in [0.4, 0.5) is 0 Å². The van der Waals surface area contributed by atoms with E-state index in [0.29, 0.717) is 25.9 Å². The van der Waals surface area contributed by atoms with E-state index in [1.165, 1.54) is 22.7 Å². The largest absolute Gasteiger partial charge is 0.364 e. The molecule has 0 aliphatic carbocycles. The van der Waals surface area contributed by atoms with Gasteiger partial charge >= 0.3 is 0 Å². The topological polar surface area (TPSA) is 166 Å². The summed E-state index contributed by atoms with van der Waals surface area (Å²) < 4.78 is 0. The van der Waals surface area contributed by atoms with Gasteiger partial charge in [-0.15, -0.1) is 22.7 Å². The van der Waals surface area contributed by atoms with Crippen molar-refractivity contribution in [2.75, 3.05) is 26.2 Å². The van der Waals surface area contributed by atoms with Gasteiger partial charge in [-0.05, 0) is 47.2 Å². The smallest absolute Gasteiger partial charge is 0.277 e. The molecular formula is C32H30N8O2S2. The fourth-order valence-electron chi connectivity index (χ4n) is 6.49. The van der Waals surface area contributed by atoms with Crippen LogP contribution in [0.1, 0.15) is 75.1 Å². The van der Waals surface area contributed by atoms with Gasteiger partial charge in [-0.2, -0.15) is 10.5 Å². The third-order valence-corrected chi connectivity index (χ3v) is 10.9. The van der Waals surface area contributed by atoms with Crippen LogP contribution in [-0.4, -0.2) is 57.8 Å². The Labute approximate surface area is 263 Å². The zero-order valence-corrected chi connectivity index (χ0v) is 26.0. The molecule has 2 unspecified atom stereocenters. The summed E-state index contributed by atoms with van der Waals surface area (Å²) in [6.45, 7) is 5.96. The lowest BCUT2D eigenvalue weighted by atomic mass is 9.85. The Kier molecular flexibility index (Phi) is 8.01. The van der Waals surface area contributed by atoms with E-state index >= 15 is 0 Å². The SMILES string of the molecule is Cc1c(-c2cccc(C3c4sc(C(N)=O)nc4CCN3CC#N)c2C)cccc1C1c2sc(C(N)=O)nc2CCN1CC#N. The Bertz CT molecular complexity index is 1750. The van der Waals surface area contributed by atoms with Crippen molar-refractivity contribution in [1.29, 1.82) is 10.5 Å². The van der Waals surface area contributed by atoms with Crippen molar-refractivity contribution in [1.82, 2.24) is 19.8 Å². The van der Waals surface area contributed by atoms with Gasteiger partial charge in [0.25, 0.3) is 11.8 Å². The highest BCUT2D eigenvalue weighted by Gasteiger charge is 2.36. The van der Waals surface area contributed by atoms with Gasteiger partial charge in [0.1, 0.15) is 0 Å². The van der Waals surface area contributed by atoms with Crippen molar-refractivity contribution < 1.29 is 9.59 Å². The number of benzene rings is 2. The average molecular weight is 623 g/mol. The third-order valence-electron chi connectivity index (χ3n) is 8.55. The zero-order chi connectivity index (χ0) is 31.1. The fraction of sp³-hybridized carbons (Fsp3) is 0.312. The zero-order valence-electron chi connectivity index (χ0n) is 24.3. The minimum atomic E-state index is -0.548. The van der Waals surface area contributed by atoms with Crippen LogP contribution in [0.25, 0.3) is 11.1 Å². The van der Waals surface area contributed by atoms with Gasteiger partial charge in [-0.1, -0.05) is 36.4 Å². The number of amides is 2. The molecule has 0 fully saturated rings. The van der Waals surface area contributed by atoms with Crippen LogP contribution < -0.4 is 11.5 Å². The summed E-state index contributed by atoms with van der Waals surface area (Å²) in [4.78, 5) is 39.2. The van der Waals surface area contributed by atoms with Crippen LogP contribution in [0, 0.1) is 36.5 Å². The second kappa shape index (κ2) is 11.9. The summed E-state index contributed by atoms with van der Waals surface area (Å²) in [5.74, 6) is -1.10. The van der Waals surface area contributed by atoms with Crippen molar-refractivity contribution in [3.8, 4) is 23.3 Å². The Morgan fingerprint density at radius 2 is 1.20 bits per heavy atom. The number of hydrogen-bond acceptors (Lipinski definition) is 10. The molecule has 4 aromatic rings. The Morgan fingerprint density at radius 1 is 0.795 bits per heavy atom. The van der Waals surface area contributed by atoms with E-state index in [1.807, 2.05) is 12.1 Å². The van der Waals surface area contributed by atoms with Crippen LogP contribution in [0.5, 0.6) is 0 Å². The van der Waals surface area contributed by atoms with Gasteiger partial charge in [-0.25, -0.2) is 9.97 Å². The standard InChI is InChI=1S/C32H30N8O2S2/c1-17-19(5-3-7-21(17)25-27-23(9-13-39(25)15-11-33)37-31(43-27)29(35)41)20-6-4-8-22(18(20)2)26-28-24(10-14-40(26)16-12-34)38-32(44-28)30(36)42/h3-8,25-26H,9-10,13-16H2,1-2H3,(H2,35,41)(H2,36,42). The molecule has 6 rings (SSSR count). The number of carbonyl (C=O) groups excluding carboxylic acids is 2. The molecule has 4 heterocycles. The summed E-state index contributed by atoms with van der Waals surface area (Å²) in [5, 5.41) is 19.9. The first kappa shape index (κ1) is 29.6. The van der Waals surface area contributed by atoms with E-state index in [9.17, 15) is 20.1 Å². The van der Waals surface area contributed by atoms with E-state index in [2.05, 4.69) is 70.0 Å². The lowest BCUT2D eigenvalue weighted by molar-refractivity contribution is 0.0991. The first-order chi connectivity index (χ1) is 21.2. The summed E-state index contributed by atoms with van der Waals surface area (Å²) >= 11 is 2.61. The molecule has 0 radical (unpaired) electrons. The van der Waals surface area contributed by atoms with Crippen LogP contribution in [0.15, 0.2) is 36.4 Å². The maximum atomic E-state index is 12.0. The molecule has 12 heteroatoms. The summed E-state index contributed by atoms with van der Waals surface area (Å²) in [6, 6.07) is 16.6. The van der Waals surface area contributed by atoms with E-state index in [0.717, 1.165) is 54.5 Å². The van der Waals surface area contributed by atoms with Crippen molar-refractivity contribution in [3.63, 3.8) is 0 Å². The molecule has 222 valence electrons. The van der Waals surface area contributed by atoms with Crippen LogP contribution in [0.2, 0.25) is 0 Å². The van der Waals surface area contributed by atoms with Gasteiger partial charge in [0.2, 0.25) is 0 Å². The molecule has 2 amide bonds. The van der Waals surface area contributed by atoms with Gasteiger partial charge < -0.3 is 11.5 Å². The van der Waals surface area contributed by atoms with Crippen LogP contribution in [0.3, 0.4) is 0 Å². The molecule has 2 aromatic carbocycles. The fourth-order valence-corrected chi connectivity index (χ4v) is 8.73. The number of nitrogens with zero attached hydrogens (tertiary/aromatic N) is 6. The van der Waals surface area contributed by atoms with Gasteiger partial charge in [0.05, 0.1) is 58.5 Å². The minimum absolute atomic E-state index is 0.233. The highest BCUT2D eigenvalue weighted by atomic mass is 32.1. The first-order valence-electron chi connectivity index (χ1n) is 14.2. The molecule has 2 atom stereocenters. The predicted octanol–water partition coefficient (Wildman–Crippen LogP) is 4.02. The second-order valence-electron chi connectivity index (χ2n) is 11.0. The highest BCUT2D eigenvalue weighted by Crippen LogP contribution is 2.44. The lowest BCUT2D eigenvalue weighted by Gasteiger charge is -2.35. The number of fused-ring (bicyclic) bond motifs is 2. The van der Waals surface area contributed by atoms with E-state index < -0.39 is 11.8 Å². The number of carbonyl (C=O) groups is 2. The van der Waals surface area contributed by atoms with Crippen molar-refractivity contribution in [2.45, 2.75) is 38.8 Å². The molecule has 2 aliphatic heterocycles. The maximum absolute atomic E-state index is 12.0. The van der Waals surface area contributed by atoms with E-state index in [-0.39, 0.29) is 35.2 Å². The summed E-state index contributed by atoms with van der Waals surface area (Å²) in [7, 11) is 0. The van der Waals surface area contributed by atoms with Gasteiger partial charge in [0.15, 0.2) is 10.0 Å². The number of rotatable bonds is 7. The predicted molar refractivity (Wildman–Crippen MR) is 168 cm³/mol. The molecule has 10 nitrogen and oxygen atoms in total. The second-order valence-corrected chi connectivity index (χ2v) is 13.1. The average Bonchev–Trinajstić information content (AvgIpc) is 3.64. The van der Waals surface area contributed by atoms with Gasteiger partial charge in [-0.3, -0.25) is 19.4 Å². The van der Waals surface area contributed by atoms with Crippen molar-refractivity contribution >= 4 is 34.5 Å². The van der Waals surface area contributed by atoms with Crippen LogP contribution >= 0.6 is 22.7 Å². The van der Waals surface area contributed by atoms with E-state index in [1.54, 1.807) is 0 Å². The quantitative estimate of drug-likeness (QED) is 0.292.